The maximum atomic E-state index is 11.2. The molecular formula is C13H19N2O3. The lowest BCUT2D eigenvalue weighted by Crippen LogP contribution is -2.08. The average Bonchev–Trinajstić information content (AvgIpc) is 2.27. The first kappa shape index (κ1) is 14.4. The molecule has 0 atom stereocenters. The standard InChI is InChI=1S/C13H19N2O3/c1-6-18-11-7-10(8(2)3)13(15(16)17)12(14-11)9(4)5/h7-9H,1,6H2,2-5H3. The third-order valence-electron chi connectivity index (χ3n) is 2.63. The van der Waals surface area contributed by atoms with Crippen molar-refractivity contribution in [3.8, 4) is 5.88 Å². The number of nitro groups is 1. The molecule has 1 radical (unpaired) electrons. The van der Waals surface area contributed by atoms with Crippen molar-refractivity contribution in [2.24, 2.45) is 0 Å². The molecule has 0 aliphatic heterocycles. The molecule has 1 rings (SSSR count). The maximum Gasteiger partial charge on any atom is 0.294 e. The highest BCUT2D eigenvalue weighted by molar-refractivity contribution is 5.49. The molecule has 5 nitrogen and oxygen atoms in total. The molecule has 5 heteroatoms. The lowest BCUT2D eigenvalue weighted by molar-refractivity contribution is -0.386. The SMILES string of the molecule is [CH2]COc1cc(C(C)C)c([N+](=O)[O-])c(C(C)C)n1. The number of ether oxygens (including phenoxy) is 1. The fraction of sp³-hybridized carbons (Fsp3) is 0.538. The highest BCUT2D eigenvalue weighted by Crippen LogP contribution is 2.35. The molecule has 99 valence electrons. The van der Waals surface area contributed by atoms with Crippen LogP contribution in [0.5, 0.6) is 5.88 Å². The van der Waals surface area contributed by atoms with Crippen molar-refractivity contribution in [3.63, 3.8) is 0 Å². The van der Waals surface area contributed by atoms with Crippen LogP contribution in [0.1, 0.15) is 50.8 Å². The summed E-state index contributed by atoms with van der Waals surface area (Å²) < 4.78 is 5.28. The van der Waals surface area contributed by atoms with Gasteiger partial charge < -0.3 is 4.74 Å². The molecule has 0 amide bonds. The molecule has 0 bridgehead atoms. The molecule has 0 saturated heterocycles. The van der Waals surface area contributed by atoms with E-state index in [0.29, 0.717) is 17.1 Å². The molecule has 0 aromatic carbocycles. The summed E-state index contributed by atoms with van der Waals surface area (Å²) >= 11 is 0. The number of rotatable bonds is 5. The predicted molar refractivity (Wildman–Crippen MR) is 69.9 cm³/mol. The van der Waals surface area contributed by atoms with Crippen molar-refractivity contribution in [1.82, 2.24) is 4.98 Å². The molecule has 0 spiro atoms. The van der Waals surface area contributed by atoms with E-state index in [2.05, 4.69) is 11.9 Å². The van der Waals surface area contributed by atoms with Gasteiger partial charge in [0.1, 0.15) is 5.69 Å². The Bertz CT molecular complexity index is 413. The second-order valence-corrected chi connectivity index (χ2v) is 4.70. The minimum absolute atomic E-state index is 0.0312. The molecule has 0 aliphatic rings. The van der Waals surface area contributed by atoms with Crippen molar-refractivity contribution in [2.45, 2.75) is 39.5 Å². The van der Waals surface area contributed by atoms with Crippen LogP contribution >= 0.6 is 0 Å². The number of hydrogen-bond acceptors (Lipinski definition) is 4. The third-order valence-corrected chi connectivity index (χ3v) is 2.63. The molecule has 0 aliphatic carbocycles. The normalized spacial score (nSPS) is 11.1. The van der Waals surface area contributed by atoms with Gasteiger partial charge in [-0.3, -0.25) is 10.1 Å². The van der Waals surface area contributed by atoms with Crippen LogP contribution in [0.3, 0.4) is 0 Å². The van der Waals surface area contributed by atoms with Gasteiger partial charge in [0.05, 0.1) is 11.5 Å². The fourth-order valence-corrected chi connectivity index (χ4v) is 1.77. The molecule has 18 heavy (non-hydrogen) atoms. The molecule has 0 unspecified atom stereocenters. The summed E-state index contributed by atoms with van der Waals surface area (Å²) in [6.07, 6.45) is 0. The Morgan fingerprint density at radius 1 is 1.39 bits per heavy atom. The van der Waals surface area contributed by atoms with Crippen LogP contribution in [-0.4, -0.2) is 16.5 Å². The zero-order valence-electron chi connectivity index (χ0n) is 11.3. The Hall–Kier alpha value is -1.65. The first-order valence-electron chi connectivity index (χ1n) is 5.99. The molecular weight excluding hydrogens is 232 g/mol. The minimum atomic E-state index is -0.356. The van der Waals surface area contributed by atoms with Crippen LogP contribution in [0.4, 0.5) is 5.69 Å². The molecule has 0 N–H and O–H groups in total. The summed E-state index contributed by atoms with van der Waals surface area (Å²) in [5.74, 6) is 0.414. The van der Waals surface area contributed by atoms with Crippen molar-refractivity contribution in [2.75, 3.05) is 6.61 Å². The highest BCUT2D eigenvalue weighted by Gasteiger charge is 2.26. The Morgan fingerprint density at radius 2 is 2.00 bits per heavy atom. The van der Waals surface area contributed by atoms with Crippen LogP contribution in [-0.2, 0) is 0 Å². The van der Waals surface area contributed by atoms with Gasteiger partial charge in [0.25, 0.3) is 5.69 Å². The zero-order valence-corrected chi connectivity index (χ0v) is 11.3. The van der Waals surface area contributed by atoms with Gasteiger partial charge in [-0.1, -0.05) is 27.7 Å². The van der Waals surface area contributed by atoms with E-state index in [1.54, 1.807) is 6.07 Å². The largest absolute Gasteiger partial charge is 0.478 e. The van der Waals surface area contributed by atoms with Gasteiger partial charge in [0.2, 0.25) is 5.88 Å². The number of nitrogens with zero attached hydrogens (tertiary/aromatic N) is 2. The van der Waals surface area contributed by atoms with Crippen LogP contribution < -0.4 is 4.74 Å². The van der Waals surface area contributed by atoms with Crippen molar-refractivity contribution in [1.29, 1.82) is 0 Å². The third kappa shape index (κ3) is 2.97. The van der Waals surface area contributed by atoms with Gasteiger partial charge in [0.15, 0.2) is 0 Å². The summed E-state index contributed by atoms with van der Waals surface area (Å²) in [5.41, 5.74) is 1.23. The second-order valence-electron chi connectivity index (χ2n) is 4.70. The Labute approximate surface area is 107 Å². The summed E-state index contributed by atoms with van der Waals surface area (Å²) in [4.78, 5) is 15.1. The van der Waals surface area contributed by atoms with E-state index in [-0.39, 0.29) is 29.1 Å². The van der Waals surface area contributed by atoms with E-state index in [9.17, 15) is 10.1 Å². The minimum Gasteiger partial charge on any atom is -0.478 e. The maximum absolute atomic E-state index is 11.2. The summed E-state index contributed by atoms with van der Waals surface area (Å²) in [6.45, 7) is 11.4. The predicted octanol–water partition coefficient (Wildman–Crippen LogP) is 3.45. The molecule has 0 saturated carbocycles. The molecule has 0 fully saturated rings. The van der Waals surface area contributed by atoms with Gasteiger partial charge in [0, 0.05) is 17.5 Å². The highest BCUT2D eigenvalue weighted by atomic mass is 16.6. The van der Waals surface area contributed by atoms with E-state index in [1.165, 1.54) is 0 Å². The summed E-state index contributed by atoms with van der Waals surface area (Å²) in [7, 11) is 0. The number of pyridine rings is 1. The van der Waals surface area contributed by atoms with E-state index in [4.69, 9.17) is 4.74 Å². The summed E-state index contributed by atoms with van der Waals surface area (Å²) in [6, 6.07) is 1.64. The molecule has 1 heterocycles. The molecule has 1 aromatic heterocycles. The van der Waals surface area contributed by atoms with E-state index in [1.807, 2.05) is 27.7 Å². The smallest absolute Gasteiger partial charge is 0.294 e. The second kappa shape index (κ2) is 5.80. The average molecular weight is 251 g/mol. The van der Waals surface area contributed by atoms with Gasteiger partial charge in [-0.15, -0.1) is 0 Å². The van der Waals surface area contributed by atoms with E-state index < -0.39 is 0 Å². The van der Waals surface area contributed by atoms with E-state index >= 15 is 0 Å². The number of hydrogen-bond donors (Lipinski definition) is 0. The van der Waals surface area contributed by atoms with Crippen LogP contribution in [0, 0.1) is 17.0 Å². The first-order chi connectivity index (χ1) is 8.38. The first-order valence-corrected chi connectivity index (χ1v) is 5.99. The van der Waals surface area contributed by atoms with E-state index in [0.717, 1.165) is 0 Å². The van der Waals surface area contributed by atoms with Gasteiger partial charge in [-0.05, 0) is 12.8 Å². The monoisotopic (exact) mass is 251 g/mol. The lowest BCUT2D eigenvalue weighted by Gasteiger charge is -2.14. The summed E-state index contributed by atoms with van der Waals surface area (Å²) in [5, 5.41) is 11.2. The van der Waals surface area contributed by atoms with Gasteiger partial charge in [-0.25, -0.2) is 4.98 Å². The van der Waals surface area contributed by atoms with Crippen LogP contribution in [0.15, 0.2) is 6.07 Å². The zero-order chi connectivity index (χ0) is 13.9. The molecule has 1 aromatic rings. The van der Waals surface area contributed by atoms with Crippen molar-refractivity contribution in [3.05, 3.63) is 34.4 Å². The van der Waals surface area contributed by atoms with Crippen molar-refractivity contribution < 1.29 is 9.66 Å². The van der Waals surface area contributed by atoms with Crippen molar-refractivity contribution >= 4 is 5.69 Å². The lowest BCUT2D eigenvalue weighted by atomic mass is 9.97. The Balaban J connectivity index is 3.49. The fourth-order valence-electron chi connectivity index (χ4n) is 1.77. The van der Waals surface area contributed by atoms with Gasteiger partial charge >= 0.3 is 0 Å². The topological polar surface area (TPSA) is 65.3 Å². The van der Waals surface area contributed by atoms with Crippen LogP contribution in [0.2, 0.25) is 0 Å². The van der Waals surface area contributed by atoms with Crippen LogP contribution in [0.25, 0.3) is 0 Å². The quantitative estimate of drug-likeness (QED) is 0.594. The Kier molecular flexibility index (Phi) is 4.64. The van der Waals surface area contributed by atoms with Gasteiger partial charge in [-0.2, -0.15) is 0 Å². The number of aromatic nitrogens is 1. The Morgan fingerprint density at radius 3 is 2.39 bits per heavy atom.